The number of pyridine rings is 2. The van der Waals surface area contributed by atoms with E-state index in [2.05, 4.69) is 25.9 Å². The molecule has 0 radical (unpaired) electrons. The van der Waals surface area contributed by atoms with Crippen LogP contribution in [0.5, 0.6) is 17.4 Å². The zero-order valence-corrected chi connectivity index (χ0v) is 13.0. The molecule has 0 unspecified atom stereocenters. The number of rotatable bonds is 6. The van der Waals surface area contributed by atoms with E-state index in [4.69, 9.17) is 25.8 Å². The van der Waals surface area contributed by atoms with Crippen LogP contribution in [0.15, 0.2) is 35.1 Å². The molecule has 0 aliphatic rings. The zero-order valence-electron chi connectivity index (χ0n) is 10.7. The van der Waals surface area contributed by atoms with Crippen molar-refractivity contribution in [2.24, 2.45) is 0 Å². The molecule has 2 rings (SSSR count). The molecule has 5 nitrogen and oxygen atoms in total. The van der Waals surface area contributed by atoms with Gasteiger partial charge in [0.15, 0.2) is 5.75 Å². The average molecular weight is 360 g/mol. The molecule has 0 bridgehead atoms. The molecule has 0 N–H and O–H groups in total. The van der Waals surface area contributed by atoms with Gasteiger partial charge in [-0.25, -0.2) is 9.97 Å². The van der Waals surface area contributed by atoms with E-state index in [1.54, 1.807) is 37.6 Å². The average Bonchev–Trinajstić information content (AvgIpc) is 2.45. The van der Waals surface area contributed by atoms with Gasteiger partial charge in [-0.15, -0.1) is 0 Å². The van der Waals surface area contributed by atoms with Gasteiger partial charge in [-0.1, -0.05) is 17.7 Å². The summed E-state index contributed by atoms with van der Waals surface area (Å²) in [5.41, 5.74) is 0. The largest absolute Gasteiger partial charge is 0.495 e. The second-order valence-electron chi connectivity index (χ2n) is 3.66. The first-order chi connectivity index (χ1) is 9.69. The molecular formula is C13H12BrClN2O3. The van der Waals surface area contributed by atoms with Gasteiger partial charge >= 0.3 is 0 Å². The molecule has 0 amide bonds. The number of halogens is 2. The van der Waals surface area contributed by atoms with Crippen molar-refractivity contribution in [3.05, 3.63) is 40.2 Å². The summed E-state index contributed by atoms with van der Waals surface area (Å²) in [6, 6.07) is 6.93. The number of nitrogens with zero attached hydrogens (tertiary/aromatic N) is 2. The highest BCUT2D eigenvalue weighted by molar-refractivity contribution is 9.10. The maximum absolute atomic E-state index is 5.76. The van der Waals surface area contributed by atoms with Crippen LogP contribution >= 0.6 is 27.5 Å². The summed E-state index contributed by atoms with van der Waals surface area (Å²) in [6.45, 7) is 0.693. The van der Waals surface area contributed by atoms with Crippen molar-refractivity contribution >= 4 is 27.5 Å². The van der Waals surface area contributed by atoms with E-state index >= 15 is 0 Å². The van der Waals surface area contributed by atoms with E-state index in [0.717, 1.165) is 0 Å². The van der Waals surface area contributed by atoms with Crippen molar-refractivity contribution in [1.29, 1.82) is 0 Å². The van der Waals surface area contributed by atoms with Gasteiger partial charge in [-0.2, -0.15) is 0 Å². The summed E-state index contributed by atoms with van der Waals surface area (Å²) in [5.74, 6) is 1.68. The Morgan fingerprint density at radius 3 is 2.80 bits per heavy atom. The quantitative estimate of drug-likeness (QED) is 0.585. The molecule has 0 aromatic carbocycles. The maximum Gasteiger partial charge on any atom is 0.214 e. The van der Waals surface area contributed by atoms with E-state index < -0.39 is 0 Å². The lowest BCUT2D eigenvalue weighted by molar-refractivity contribution is 0.210. The van der Waals surface area contributed by atoms with Crippen LogP contribution in [0.25, 0.3) is 0 Å². The van der Waals surface area contributed by atoms with E-state index in [-0.39, 0.29) is 0 Å². The van der Waals surface area contributed by atoms with Gasteiger partial charge in [0.2, 0.25) is 5.88 Å². The summed E-state index contributed by atoms with van der Waals surface area (Å²) in [7, 11) is 1.57. The predicted molar refractivity (Wildman–Crippen MR) is 78.7 cm³/mol. The number of aromatic nitrogens is 2. The molecule has 106 valence electrons. The van der Waals surface area contributed by atoms with Crippen LogP contribution in [0.2, 0.25) is 5.15 Å². The third kappa shape index (κ3) is 4.25. The molecule has 0 atom stereocenters. The third-order valence-corrected chi connectivity index (χ3v) is 3.10. The first-order valence-electron chi connectivity index (χ1n) is 5.76. The van der Waals surface area contributed by atoms with Gasteiger partial charge in [0.25, 0.3) is 0 Å². The van der Waals surface area contributed by atoms with Gasteiger partial charge in [0.05, 0.1) is 13.3 Å². The molecular weight excluding hydrogens is 348 g/mol. The first-order valence-corrected chi connectivity index (χ1v) is 6.94. The minimum Gasteiger partial charge on any atom is -0.495 e. The van der Waals surface area contributed by atoms with Crippen LogP contribution in [-0.2, 0) is 0 Å². The summed E-state index contributed by atoms with van der Waals surface area (Å²) in [6.07, 6.45) is 1.60. The summed E-state index contributed by atoms with van der Waals surface area (Å²) in [4.78, 5) is 8.10. The maximum atomic E-state index is 5.76. The Balaban J connectivity index is 1.84. The Labute approximate surface area is 130 Å². The molecule has 0 aliphatic heterocycles. The fourth-order valence-corrected chi connectivity index (χ4v) is 1.88. The second-order valence-corrected chi connectivity index (χ2v) is 4.80. The highest BCUT2D eigenvalue weighted by Crippen LogP contribution is 2.26. The summed E-state index contributed by atoms with van der Waals surface area (Å²) in [5, 5.41) is 0.392. The van der Waals surface area contributed by atoms with E-state index in [1.165, 1.54) is 0 Å². The van der Waals surface area contributed by atoms with Crippen molar-refractivity contribution < 1.29 is 14.2 Å². The first kappa shape index (κ1) is 14.9. The van der Waals surface area contributed by atoms with Crippen LogP contribution in [0.1, 0.15) is 0 Å². The molecule has 0 aliphatic carbocycles. The van der Waals surface area contributed by atoms with Crippen LogP contribution in [0.4, 0.5) is 0 Å². The molecule has 20 heavy (non-hydrogen) atoms. The van der Waals surface area contributed by atoms with E-state index in [9.17, 15) is 0 Å². The third-order valence-electron chi connectivity index (χ3n) is 2.30. The van der Waals surface area contributed by atoms with Crippen molar-refractivity contribution in [3.63, 3.8) is 0 Å². The lowest BCUT2D eigenvalue weighted by atomic mass is 10.4. The standard InChI is InChI=1S/C13H12BrClN2O3/c1-18-9-7-10(13(14)16-8-9)19-5-6-20-12-4-2-3-11(15)17-12/h2-4,7-8H,5-6H2,1H3. The summed E-state index contributed by atoms with van der Waals surface area (Å²) >= 11 is 9.06. The Hall–Kier alpha value is -1.53. The van der Waals surface area contributed by atoms with Gasteiger partial charge < -0.3 is 14.2 Å². The number of hydrogen-bond acceptors (Lipinski definition) is 5. The number of ether oxygens (including phenoxy) is 3. The SMILES string of the molecule is COc1cnc(Br)c(OCCOc2cccc(Cl)n2)c1. The van der Waals surface area contributed by atoms with E-state index in [1.807, 2.05) is 0 Å². The topological polar surface area (TPSA) is 53.5 Å². The molecule has 2 aromatic heterocycles. The Morgan fingerprint density at radius 1 is 1.25 bits per heavy atom. The molecule has 0 spiro atoms. The molecule has 7 heteroatoms. The van der Waals surface area contributed by atoms with Crippen LogP contribution in [-0.4, -0.2) is 30.3 Å². The van der Waals surface area contributed by atoms with Crippen LogP contribution in [0, 0.1) is 0 Å². The fourth-order valence-electron chi connectivity index (χ4n) is 1.39. The lowest BCUT2D eigenvalue weighted by Crippen LogP contribution is -2.10. The van der Waals surface area contributed by atoms with E-state index in [0.29, 0.717) is 40.3 Å². The molecule has 0 fully saturated rings. The van der Waals surface area contributed by atoms with Crippen molar-refractivity contribution in [2.75, 3.05) is 20.3 Å². The monoisotopic (exact) mass is 358 g/mol. The fraction of sp³-hybridized carbons (Fsp3) is 0.231. The van der Waals surface area contributed by atoms with Crippen molar-refractivity contribution in [1.82, 2.24) is 9.97 Å². The highest BCUT2D eigenvalue weighted by Gasteiger charge is 2.05. The zero-order chi connectivity index (χ0) is 14.4. The van der Waals surface area contributed by atoms with Gasteiger partial charge in [0.1, 0.15) is 28.7 Å². The van der Waals surface area contributed by atoms with Crippen LogP contribution < -0.4 is 14.2 Å². The molecule has 2 aromatic rings. The minimum absolute atomic E-state index is 0.344. The van der Waals surface area contributed by atoms with Crippen LogP contribution in [0.3, 0.4) is 0 Å². The lowest BCUT2D eigenvalue weighted by Gasteiger charge is -2.10. The smallest absolute Gasteiger partial charge is 0.214 e. The van der Waals surface area contributed by atoms with Gasteiger partial charge in [-0.3, -0.25) is 0 Å². The van der Waals surface area contributed by atoms with Gasteiger partial charge in [0, 0.05) is 12.1 Å². The van der Waals surface area contributed by atoms with Gasteiger partial charge in [-0.05, 0) is 22.0 Å². The van der Waals surface area contributed by atoms with Crippen molar-refractivity contribution in [2.45, 2.75) is 0 Å². The Bertz CT molecular complexity index is 583. The Kier molecular flexibility index (Phi) is 5.43. The Morgan fingerprint density at radius 2 is 2.05 bits per heavy atom. The predicted octanol–water partition coefficient (Wildman–Crippen LogP) is 3.36. The molecule has 0 saturated carbocycles. The summed E-state index contributed by atoms with van der Waals surface area (Å²) < 4.78 is 16.7. The number of hydrogen-bond donors (Lipinski definition) is 0. The van der Waals surface area contributed by atoms with Crippen molar-refractivity contribution in [3.8, 4) is 17.4 Å². The normalized spacial score (nSPS) is 10.2. The highest BCUT2D eigenvalue weighted by atomic mass is 79.9. The minimum atomic E-state index is 0.344. The second kappa shape index (κ2) is 7.31. The molecule has 0 saturated heterocycles. The number of methoxy groups -OCH3 is 1. The molecule has 2 heterocycles.